The Kier molecular flexibility index (Phi) is 4.93. The molecule has 0 aromatic heterocycles. The Balaban J connectivity index is 2.00. The Bertz CT molecular complexity index is 379. The molecule has 19 heavy (non-hydrogen) atoms. The van der Waals surface area contributed by atoms with E-state index in [0.717, 1.165) is 5.56 Å². The molecule has 1 aromatic carbocycles. The fourth-order valence-corrected chi connectivity index (χ4v) is 2.28. The number of hydrogen-bond donors (Lipinski definition) is 1. The van der Waals surface area contributed by atoms with Gasteiger partial charge in [0.15, 0.2) is 6.29 Å². The molecular formula is C15H22O4. The lowest BCUT2D eigenvalue weighted by Crippen LogP contribution is -2.54. The average molecular weight is 266 g/mol. The van der Waals surface area contributed by atoms with Gasteiger partial charge in [-0.15, -0.1) is 0 Å². The Labute approximate surface area is 114 Å². The van der Waals surface area contributed by atoms with E-state index in [1.54, 1.807) is 7.11 Å². The van der Waals surface area contributed by atoms with Gasteiger partial charge in [0.2, 0.25) is 0 Å². The summed E-state index contributed by atoms with van der Waals surface area (Å²) in [5, 5.41) is 10.3. The third kappa shape index (κ3) is 3.34. The van der Waals surface area contributed by atoms with Crippen LogP contribution in [0.2, 0.25) is 0 Å². The summed E-state index contributed by atoms with van der Waals surface area (Å²) in [6.07, 6.45) is -1.62. The molecule has 0 radical (unpaired) electrons. The van der Waals surface area contributed by atoms with E-state index in [4.69, 9.17) is 14.2 Å². The zero-order chi connectivity index (χ0) is 13.8. The molecule has 4 heteroatoms. The second-order valence-corrected chi connectivity index (χ2v) is 5.06. The van der Waals surface area contributed by atoms with Crippen LogP contribution in [0.5, 0.6) is 0 Å². The third-order valence-electron chi connectivity index (χ3n) is 3.75. The predicted octanol–water partition coefficient (Wildman–Crippen LogP) is 1.96. The zero-order valence-corrected chi connectivity index (χ0v) is 11.7. The Morgan fingerprint density at radius 3 is 2.53 bits per heavy atom. The summed E-state index contributed by atoms with van der Waals surface area (Å²) < 4.78 is 16.8. The van der Waals surface area contributed by atoms with Gasteiger partial charge in [0.25, 0.3) is 0 Å². The van der Waals surface area contributed by atoms with Crippen LogP contribution < -0.4 is 0 Å². The smallest absolute Gasteiger partial charge is 0.186 e. The first-order valence-electron chi connectivity index (χ1n) is 6.65. The lowest BCUT2D eigenvalue weighted by atomic mass is 9.91. The molecule has 1 saturated heterocycles. The van der Waals surface area contributed by atoms with Crippen LogP contribution in [0.3, 0.4) is 0 Å². The highest BCUT2D eigenvalue weighted by Crippen LogP contribution is 2.28. The van der Waals surface area contributed by atoms with E-state index in [0.29, 0.717) is 6.61 Å². The van der Waals surface area contributed by atoms with Crippen molar-refractivity contribution in [3.63, 3.8) is 0 Å². The molecule has 1 aromatic rings. The van der Waals surface area contributed by atoms with Crippen molar-refractivity contribution >= 4 is 0 Å². The minimum absolute atomic E-state index is 0.0205. The highest BCUT2D eigenvalue weighted by Gasteiger charge is 2.42. The van der Waals surface area contributed by atoms with Crippen LogP contribution in [0.25, 0.3) is 0 Å². The SMILES string of the molecule is COC1OC(C)C(C)C(O)C1OCc1ccccc1. The van der Waals surface area contributed by atoms with E-state index in [1.807, 2.05) is 44.2 Å². The van der Waals surface area contributed by atoms with Crippen molar-refractivity contribution in [1.29, 1.82) is 0 Å². The largest absolute Gasteiger partial charge is 0.390 e. The van der Waals surface area contributed by atoms with E-state index in [-0.39, 0.29) is 12.0 Å². The van der Waals surface area contributed by atoms with Crippen molar-refractivity contribution in [3.8, 4) is 0 Å². The normalized spacial score (nSPS) is 35.3. The maximum atomic E-state index is 10.3. The number of benzene rings is 1. The van der Waals surface area contributed by atoms with Crippen LogP contribution in [0.15, 0.2) is 30.3 Å². The van der Waals surface area contributed by atoms with Crippen molar-refractivity contribution in [3.05, 3.63) is 35.9 Å². The summed E-state index contributed by atoms with van der Waals surface area (Å²) >= 11 is 0. The van der Waals surface area contributed by atoms with Crippen LogP contribution in [0.1, 0.15) is 19.4 Å². The van der Waals surface area contributed by atoms with E-state index in [1.165, 1.54) is 0 Å². The third-order valence-corrected chi connectivity index (χ3v) is 3.75. The summed E-state index contributed by atoms with van der Waals surface area (Å²) in [6, 6.07) is 9.87. The minimum Gasteiger partial charge on any atom is -0.390 e. The first-order valence-corrected chi connectivity index (χ1v) is 6.65. The summed E-state index contributed by atoms with van der Waals surface area (Å²) in [5.74, 6) is 0.0205. The van der Waals surface area contributed by atoms with Crippen molar-refractivity contribution < 1.29 is 19.3 Å². The van der Waals surface area contributed by atoms with E-state index in [2.05, 4.69) is 0 Å². The molecule has 1 aliphatic rings. The van der Waals surface area contributed by atoms with Gasteiger partial charge in [0, 0.05) is 13.0 Å². The van der Waals surface area contributed by atoms with Crippen molar-refractivity contribution in [2.24, 2.45) is 5.92 Å². The van der Waals surface area contributed by atoms with Gasteiger partial charge in [-0.3, -0.25) is 0 Å². The van der Waals surface area contributed by atoms with Crippen LogP contribution in [0.4, 0.5) is 0 Å². The highest BCUT2D eigenvalue weighted by molar-refractivity contribution is 5.13. The Morgan fingerprint density at radius 2 is 1.89 bits per heavy atom. The standard InChI is InChI=1S/C15H22O4/c1-10-11(2)19-15(17-3)14(13(10)16)18-9-12-7-5-4-6-8-12/h4-8,10-11,13-16H,9H2,1-3H3. The molecule has 0 amide bonds. The molecule has 5 unspecified atom stereocenters. The number of rotatable bonds is 4. The maximum absolute atomic E-state index is 10.3. The van der Waals surface area contributed by atoms with Gasteiger partial charge in [-0.2, -0.15) is 0 Å². The molecule has 4 nitrogen and oxygen atoms in total. The van der Waals surface area contributed by atoms with Gasteiger partial charge < -0.3 is 19.3 Å². The second-order valence-electron chi connectivity index (χ2n) is 5.06. The second kappa shape index (κ2) is 6.48. The first kappa shape index (κ1) is 14.5. The van der Waals surface area contributed by atoms with Gasteiger partial charge in [-0.05, 0) is 12.5 Å². The monoisotopic (exact) mass is 266 g/mol. The molecular weight excluding hydrogens is 244 g/mol. The topological polar surface area (TPSA) is 47.9 Å². The number of aliphatic hydroxyl groups excluding tert-OH is 1. The Hall–Kier alpha value is -0.940. The molecule has 2 rings (SSSR count). The molecule has 0 saturated carbocycles. The van der Waals surface area contributed by atoms with Crippen LogP contribution in [-0.2, 0) is 20.8 Å². The molecule has 106 valence electrons. The van der Waals surface area contributed by atoms with Gasteiger partial charge in [0.05, 0.1) is 18.8 Å². The van der Waals surface area contributed by atoms with Crippen molar-refractivity contribution in [2.45, 2.75) is 45.1 Å². The van der Waals surface area contributed by atoms with Gasteiger partial charge in [-0.25, -0.2) is 0 Å². The molecule has 1 N–H and O–H groups in total. The molecule has 1 aliphatic heterocycles. The summed E-state index contributed by atoms with van der Waals surface area (Å²) in [6.45, 7) is 4.33. The van der Waals surface area contributed by atoms with Crippen LogP contribution in [-0.4, -0.2) is 36.8 Å². The molecule has 1 fully saturated rings. The first-order chi connectivity index (χ1) is 9.13. The fourth-order valence-electron chi connectivity index (χ4n) is 2.28. The lowest BCUT2D eigenvalue weighted by molar-refractivity contribution is -0.285. The predicted molar refractivity (Wildman–Crippen MR) is 71.5 cm³/mol. The maximum Gasteiger partial charge on any atom is 0.186 e. The molecule has 0 bridgehead atoms. The number of hydrogen-bond acceptors (Lipinski definition) is 4. The number of aliphatic hydroxyl groups is 1. The van der Waals surface area contributed by atoms with E-state index in [9.17, 15) is 5.11 Å². The van der Waals surface area contributed by atoms with Gasteiger partial charge in [0.1, 0.15) is 6.10 Å². The Morgan fingerprint density at radius 1 is 1.21 bits per heavy atom. The van der Waals surface area contributed by atoms with Gasteiger partial charge in [-0.1, -0.05) is 37.3 Å². The van der Waals surface area contributed by atoms with Crippen LogP contribution in [0, 0.1) is 5.92 Å². The van der Waals surface area contributed by atoms with E-state index < -0.39 is 18.5 Å². The van der Waals surface area contributed by atoms with Crippen molar-refractivity contribution in [2.75, 3.05) is 7.11 Å². The highest BCUT2D eigenvalue weighted by atomic mass is 16.7. The molecule has 0 aliphatic carbocycles. The minimum atomic E-state index is -0.586. The summed E-state index contributed by atoms with van der Waals surface area (Å²) in [7, 11) is 1.57. The number of methoxy groups -OCH3 is 1. The summed E-state index contributed by atoms with van der Waals surface area (Å²) in [5.41, 5.74) is 1.07. The van der Waals surface area contributed by atoms with Crippen molar-refractivity contribution in [1.82, 2.24) is 0 Å². The lowest BCUT2D eigenvalue weighted by Gasteiger charge is -2.41. The molecule has 0 spiro atoms. The number of ether oxygens (including phenoxy) is 3. The molecule has 5 atom stereocenters. The zero-order valence-electron chi connectivity index (χ0n) is 11.7. The average Bonchev–Trinajstić information content (AvgIpc) is 2.44. The molecule has 1 heterocycles. The van der Waals surface area contributed by atoms with E-state index >= 15 is 0 Å². The fraction of sp³-hybridized carbons (Fsp3) is 0.600. The van der Waals surface area contributed by atoms with Crippen LogP contribution >= 0.6 is 0 Å². The summed E-state index contributed by atoms with van der Waals surface area (Å²) in [4.78, 5) is 0. The van der Waals surface area contributed by atoms with Gasteiger partial charge >= 0.3 is 0 Å². The quantitative estimate of drug-likeness (QED) is 0.905.